The number of rotatable bonds is 7. The molecule has 0 spiro atoms. The third-order valence-electron chi connectivity index (χ3n) is 6.36. The minimum atomic E-state index is -0.314. The summed E-state index contributed by atoms with van der Waals surface area (Å²) in [5.74, 6) is 2.28. The Labute approximate surface area is 169 Å². The van der Waals surface area contributed by atoms with Gasteiger partial charge < -0.3 is 5.32 Å². The van der Waals surface area contributed by atoms with E-state index in [0.29, 0.717) is 17.6 Å². The van der Waals surface area contributed by atoms with Gasteiger partial charge in [-0.25, -0.2) is 9.89 Å². The third kappa shape index (κ3) is 4.04. The molecule has 1 amide bonds. The molecule has 0 radical (unpaired) electrons. The fraction of sp³-hybridized carbons (Fsp3) is 0.571. The van der Waals surface area contributed by atoms with Gasteiger partial charge in [0.25, 0.3) is 0 Å². The summed E-state index contributed by atoms with van der Waals surface area (Å²) in [6, 6.07) is 9.99. The molecule has 1 aromatic heterocycles. The zero-order valence-corrected chi connectivity index (χ0v) is 17.2. The van der Waals surface area contributed by atoms with Crippen LogP contribution < -0.4 is 11.0 Å². The number of nitrogens with one attached hydrogen (secondary N) is 2. The number of H-pyrrole nitrogens is 1. The van der Waals surface area contributed by atoms with Crippen molar-refractivity contribution in [1.82, 2.24) is 20.1 Å². The standard InChI is InChI=1S/C21H28N4O2S/c1-13(18-11-16-8-9-17(18)10-16)22-19(26)14(2)28-21-24-23-20(27)25(21)12-15-6-4-3-5-7-15/h3-7,13-14,16-18H,8-12H2,1-2H3,(H,22,26)(H,23,27)/t13-,14+,16+,17+,18-/m1/s1. The number of aromatic nitrogens is 3. The highest BCUT2D eigenvalue weighted by atomic mass is 32.2. The molecule has 28 heavy (non-hydrogen) atoms. The molecular formula is C21H28N4O2S. The van der Waals surface area contributed by atoms with Crippen molar-refractivity contribution < 1.29 is 4.79 Å². The van der Waals surface area contributed by atoms with Gasteiger partial charge in [0.15, 0.2) is 5.16 Å². The van der Waals surface area contributed by atoms with Crippen molar-refractivity contribution in [2.75, 3.05) is 0 Å². The molecule has 6 nitrogen and oxygen atoms in total. The summed E-state index contributed by atoms with van der Waals surface area (Å²) in [4.78, 5) is 24.9. The third-order valence-corrected chi connectivity index (χ3v) is 7.45. The summed E-state index contributed by atoms with van der Waals surface area (Å²) in [5, 5.41) is 10.1. The van der Waals surface area contributed by atoms with Gasteiger partial charge in [0, 0.05) is 6.04 Å². The summed E-state index contributed by atoms with van der Waals surface area (Å²) < 4.78 is 1.59. The number of nitrogens with zero attached hydrogens (tertiary/aromatic N) is 2. The number of benzene rings is 1. The number of thioether (sulfide) groups is 1. The van der Waals surface area contributed by atoms with Gasteiger partial charge >= 0.3 is 5.69 Å². The predicted octanol–water partition coefficient (Wildman–Crippen LogP) is 3.04. The van der Waals surface area contributed by atoms with E-state index >= 15 is 0 Å². The largest absolute Gasteiger partial charge is 0.352 e. The Kier molecular flexibility index (Phi) is 5.62. The van der Waals surface area contributed by atoms with Crippen LogP contribution in [0.25, 0.3) is 0 Å². The highest BCUT2D eigenvalue weighted by molar-refractivity contribution is 8.00. The minimum absolute atomic E-state index is 0.0157. The number of fused-ring (bicyclic) bond motifs is 2. The molecular weight excluding hydrogens is 372 g/mol. The van der Waals surface area contributed by atoms with E-state index in [9.17, 15) is 9.59 Å². The van der Waals surface area contributed by atoms with Crippen LogP contribution in [0, 0.1) is 17.8 Å². The number of hydrogen-bond donors (Lipinski definition) is 2. The van der Waals surface area contributed by atoms with Gasteiger partial charge in [-0.05, 0) is 56.4 Å². The second-order valence-electron chi connectivity index (χ2n) is 8.28. The van der Waals surface area contributed by atoms with Crippen molar-refractivity contribution in [1.29, 1.82) is 0 Å². The predicted molar refractivity (Wildman–Crippen MR) is 110 cm³/mol. The number of carbonyl (C=O) groups excluding carboxylic acids is 1. The number of aromatic amines is 1. The molecule has 1 aromatic carbocycles. The summed E-state index contributed by atoms with van der Waals surface area (Å²) in [6.45, 7) is 4.45. The number of carbonyl (C=O) groups is 1. The van der Waals surface area contributed by atoms with Crippen LogP contribution in [-0.2, 0) is 11.3 Å². The molecule has 2 bridgehead atoms. The van der Waals surface area contributed by atoms with Crippen LogP contribution in [0.2, 0.25) is 0 Å². The molecule has 2 fully saturated rings. The van der Waals surface area contributed by atoms with Crippen molar-refractivity contribution in [2.45, 2.75) is 62.5 Å². The quantitative estimate of drug-likeness (QED) is 0.700. The zero-order chi connectivity index (χ0) is 19.7. The maximum atomic E-state index is 12.7. The second kappa shape index (κ2) is 8.15. The lowest BCUT2D eigenvalue weighted by atomic mass is 9.84. The van der Waals surface area contributed by atoms with Gasteiger partial charge in [-0.1, -0.05) is 48.5 Å². The SMILES string of the molecule is C[C@H](Sc1n[nH]c(=O)n1Cc1ccccc1)C(=O)N[C@H](C)[C@H]1C[C@H]2CC[C@H]1C2. The van der Waals surface area contributed by atoms with E-state index in [0.717, 1.165) is 17.4 Å². The molecule has 0 aliphatic heterocycles. The maximum absolute atomic E-state index is 12.7. The normalized spacial score (nSPS) is 25.6. The Morgan fingerprint density at radius 3 is 2.75 bits per heavy atom. The van der Waals surface area contributed by atoms with E-state index in [4.69, 9.17) is 0 Å². The van der Waals surface area contributed by atoms with Gasteiger partial charge in [-0.2, -0.15) is 0 Å². The van der Waals surface area contributed by atoms with E-state index in [-0.39, 0.29) is 22.9 Å². The van der Waals surface area contributed by atoms with Crippen molar-refractivity contribution >= 4 is 17.7 Å². The highest BCUT2D eigenvalue weighted by Crippen LogP contribution is 2.49. The Balaban J connectivity index is 1.37. The first-order chi connectivity index (χ1) is 13.5. The fourth-order valence-corrected chi connectivity index (χ4v) is 5.73. The lowest BCUT2D eigenvalue weighted by Gasteiger charge is -2.29. The lowest BCUT2D eigenvalue weighted by molar-refractivity contribution is -0.121. The lowest BCUT2D eigenvalue weighted by Crippen LogP contribution is -2.43. The first kappa shape index (κ1) is 19.3. The minimum Gasteiger partial charge on any atom is -0.352 e. The van der Waals surface area contributed by atoms with Crippen LogP contribution in [0.4, 0.5) is 0 Å². The molecule has 150 valence electrons. The summed E-state index contributed by atoms with van der Waals surface area (Å²) in [5.41, 5.74) is 0.768. The number of amides is 1. The van der Waals surface area contributed by atoms with Crippen LogP contribution >= 0.6 is 11.8 Å². The Morgan fingerprint density at radius 1 is 1.29 bits per heavy atom. The molecule has 2 aliphatic carbocycles. The van der Waals surface area contributed by atoms with Gasteiger partial charge in [-0.15, -0.1) is 5.10 Å². The molecule has 1 heterocycles. The molecule has 7 heteroatoms. The first-order valence-corrected chi connectivity index (χ1v) is 11.1. The summed E-state index contributed by atoms with van der Waals surface area (Å²) in [6.07, 6.45) is 5.28. The highest BCUT2D eigenvalue weighted by Gasteiger charge is 2.42. The van der Waals surface area contributed by atoms with Crippen molar-refractivity contribution in [2.24, 2.45) is 17.8 Å². The molecule has 0 saturated heterocycles. The number of hydrogen-bond acceptors (Lipinski definition) is 4. The van der Waals surface area contributed by atoms with Gasteiger partial charge in [0.2, 0.25) is 5.91 Å². The fourth-order valence-electron chi connectivity index (χ4n) is 4.87. The van der Waals surface area contributed by atoms with E-state index in [2.05, 4.69) is 22.4 Å². The van der Waals surface area contributed by atoms with E-state index in [1.807, 2.05) is 37.3 Å². The van der Waals surface area contributed by atoms with Crippen LogP contribution in [0.3, 0.4) is 0 Å². The van der Waals surface area contributed by atoms with Crippen LogP contribution in [0.1, 0.15) is 45.1 Å². The van der Waals surface area contributed by atoms with Crippen LogP contribution in [-0.4, -0.2) is 32.0 Å². The summed E-state index contributed by atoms with van der Waals surface area (Å²) in [7, 11) is 0. The zero-order valence-electron chi connectivity index (χ0n) is 16.4. The Bertz CT molecular complexity index is 878. The summed E-state index contributed by atoms with van der Waals surface area (Å²) >= 11 is 1.33. The topological polar surface area (TPSA) is 79.8 Å². The second-order valence-corrected chi connectivity index (χ2v) is 9.59. The first-order valence-electron chi connectivity index (χ1n) is 10.2. The molecule has 2 aromatic rings. The molecule has 4 rings (SSSR count). The van der Waals surface area contributed by atoms with Crippen LogP contribution in [0.5, 0.6) is 0 Å². The average Bonchev–Trinajstić information content (AvgIpc) is 3.41. The van der Waals surface area contributed by atoms with E-state index in [1.54, 1.807) is 4.57 Å². The molecule has 2 N–H and O–H groups in total. The van der Waals surface area contributed by atoms with Crippen LogP contribution in [0.15, 0.2) is 40.3 Å². The van der Waals surface area contributed by atoms with Crippen molar-refractivity contribution in [3.8, 4) is 0 Å². The monoisotopic (exact) mass is 400 g/mol. The van der Waals surface area contributed by atoms with Gasteiger partial charge in [0.1, 0.15) is 0 Å². The molecule has 2 saturated carbocycles. The van der Waals surface area contributed by atoms with Crippen molar-refractivity contribution in [3.05, 3.63) is 46.4 Å². The Morgan fingerprint density at radius 2 is 2.07 bits per heavy atom. The smallest absolute Gasteiger partial charge is 0.344 e. The van der Waals surface area contributed by atoms with E-state index < -0.39 is 0 Å². The molecule has 5 atom stereocenters. The molecule has 2 aliphatic rings. The molecule has 0 unspecified atom stereocenters. The van der Waals surface area contributed by atoms with Crippen molar-refractivity contribution in [3.63, 3.8) is 0 Å². The maximum Gasteiger partial charge on any atom is 0.344 e. The van der Waals surface area contributed by atoms with Gasteiger partial charge in [0.05, 0.1) is 11.8 Å². The van der Waals surface area contributed by atoms with E-state index in [1.165, 1.54) is 37.4 Å². The average molecular weight is 401 g/mol. The van der Waals surface area contributed by atoms with Gasteiger partial charge in [-0.3, -0.25) is 9.36 Å². The Hall–Kier alpha value is -2.02.